The quantitative estimate of drug-likeness (QED) is 0.856. The average molecular weight is 276 g/mol. The van der Waals surface area contributed by atoms with Crippen LogP contribution >= 0.6 is 11.8 Å². The number of rotatable bonds is 4. The Balaban J connectivity index is 2.28. The van der Waals surface area contributed by atoms with E-state index in [4.69, 9.17) is 0 Å². The van der Waals surface area contributed by atoms with E-state index < -0.39 is 10.8 Å². The topological polar surface area (TPSA) is 41.5 Å². The largest absolute Gasteiger partial charge is 0.364 e. The molecule has 3 nitrogen and oxygen atoms in total. The lowest BCUT2D eigenvalue weighted by Gasteiger charge is -2.21. The lowest BCUT2D eigenvalue weighted by atomic mass is 9.90. The van der Waals surface area contributed by atoms with Gasteiger partial charge in [-0.25, -0.2) is 0 Å². The third-order valence-electron chi connectivity index (χ3n) is 2.66. The highest BCUT2D eigenvalue weighted by Gasteiger charge is 2.25. The smallest absolute Gasteiger partial charge is 0.156 e. The molecule has 1 aliphatic rings. The Kier molecular flexibility index (Phi) is 5.51. The highest BCUT2D eigenvalue weighted by Crippen LogP contribution is 2.31. The molecule has 0 aromatic carbocycles. The van der Waals surface area contributed by atoms with Gasteiger partial charge in [0.15, 0.2) is 5.17 Å². The molecule has 0 spiro atoms. The van der Waals surface area contributed by atoms with Crippen LogP contribution in [0, 0.1) is 5.41 Å². The molecule has 1 N–H and O–H groups in total. The van der Waals surface area contributed by atoms with E-state index in [1.165, 1.54) is 6.42 Å². The Bertz CT molecular complexity index is 310. The van der Waals surface area contributed by atoms with Crippen molar-refractivity contribution >= 4 is 27.7 Å². The molecule has 0 radical (unpaired) electrons. The van der Waals surface area contributed by atoms with E-state index in [2.05, 4.69) is 31.1 Å². The van der Waals surface area contributed by atoms with Crippen molar-refractivity contribution in [2.75, 3.05) is 19.3 Å². The Morgan fingerprint density at radius 1 is 1.59 bits per heavy atom. The van der Waals surface area contributed by atoms with Gasteiger partial charge in [-0.05, 0) is 18.8 Å². The lowest BCUT2D eigenvalue weighted by Crippen LogP contribution is -2.30. The number of hydrogen-bond acceptors (Lipinski definition) is 4. The molecule has 0 aliphatic carbocycles. The molecular formula is C12H24N2OS2. The first kappa shape index (κ1) is 15.0. The van der Waals surface area contributed by atoms with E-state index in [0.29, 0.717) is 10.7 Å². The molecule has 3 atom stereocenters. The van der Waals surface area contributed by atoms with E-state index in [0.717, 1.165) is 18.3 Å². The summed E-state index contributed by atoms with van der Waals surface area (Å²) >= 11 is 1.83. The summed E-state index contributed by atoms with van der Waals surface area (Å²) in [6.45, 7) is 10.4. The summed E-state index contributed by atoms with van der Waals surface area (Å²) in [7, 11) is -0.762. The van der Waals surface area contributed by atoms with Crippen LogP contribution in [0.25, 0.3) is 0 Å². The highest BCUT2D eigenvalue weighted by molar-refractivity contribution is 8.14. The van der Waals surface area contributed by atoms with E-state index >= 15 is 0 Å². The zero-order chi connectivity index (χ0) is 13.1. The van der Waals surface area contributed by atoms with E-state index in [9.17, 15) is 4.21 Å². The summed E-state index contributed by atoms with van der Waals surface area (Å²) in [4.78, 5) is 4.50. The second kappa shape index (κ2) is 6.23. The zero-order valence-electron chi connectivity index (χ0n) is 11.4. The predicted octanol–water partition coefficient (Wildman–Crippen LogP) is 2.25. The fourth-order valence-corrected chi connectivity index (χ4v) is 3.33. The molecule has 0 saturated carbocycles. The second-order valence-corrected chi connectivity index (χ2v) is 8.93. The summed E-state index contributed by atoms with van der Waals surface area (Å²) in [5.74, 6) is 0. The minimum Gasteiger partial charge on any atom is -0.364 e. The molecule has 1 rings (SSSR count). The summed E-state index contributed by atoms with van der Waals surface area (Å²) in [5, 5.41) is 5.10. The Morgan fingerprint density at radius 3 is 2.76 bits per heavy atom. The number of amidine groups is 1. The van der Waals surface area contributed by atoms with Crippen LogP contribution in [0.15, 0.2) is 4.99 Å². The average Bonchev–Trinajstić information content (AvgIpc) is 2.59. The molecule has 0 saturated heterocycles. The van der Waals surface area contributed by atoms with Crippen LogP contribution in [-0.2, 0) is 10.8 Å². The lowest BCUT2D eigenvalue weighted by molar-refractivity contribution is 0.375. The summed E-state index contributed by atoms with van der Waals surface area (Å²) in [5.41, 5.74) is 0.362. The maximum absolute atomic E-state index is 11.2. The SMILES string of the molecule is CC(CNC1=NCC(CC(C)(C)C)S1)S(C)=O. The third-order valence-corrected chi connectivity index (χ3v) is 5.11. The van der Waals surface area contributed by atoms with E-state index in [1.807, 2.05) is 18.7 Å². The van der Waals surface area contributed by atoms with Crippen LogP contribution in [0.4, 0.5) is 0 Å². The van der Waals surface area contributed by atoms with Crippen LogP contribution in [0.3, 0.4) is 0 Å². The fourth-order valence-electron chi connectivity index (χ4n) is 1.65. The van der Waals surface area contributed by atoms with Crippen LogP contribution in [0.5, 0.6) is 0 Å². The molecule has 0 fully saturated rings. The minimum absolute atomic E-state index is 0.181. The van der Waals surface area contributed by atoms with Gasteiger partial charge in [-0.2, -0.15) is 0 Å². The number of nitrogens with zero attached hydrogens (tertiary/aromatic N) is 1. The molecule has 0 aromatic heterocycles. The van der Waals surface area contributed by atoms with Gasteiger partial charge >= 0.3 is 0 Å². The Morgan fingerprint density at radius 2 is 2.24 bits per heavy atom. The Hall–Kier alpha value is -0.0300. The van der Waals surface area contributed by atoms with Crippen molar-refractivity contribution in [2.45, 2.75) is 44.6 Å². The van der Waals surface area contributed by atoms with E-state index in [1.54, 1.807) is 6.26 Å². The van der Waals surface area contributed by atoms with Crippen LogP contribution in [0.2, 0.25) is 0 Å². The molecule has 1 heterocycles. The maximum Gasteiger partial charge on any atom is 0.156 e. The summed E-state index contributed by atoms with van der Waals surface area (Å²) in [6.07, 6.45) is 2.93. The van der Waals surface area contributed by atoms with Crippen molar-refractivity contribution in [1.29, 1.82) is 0 Å². The Labute approximate surface area is 112 Å². The monoisotopic (exact) mass is 276 g/mol. The van der Waals surface area contributed by atoms with Gasteiger partial charge in [-0.15, -0.1) is 0 Å². The molecule has 0 aromatic rings. The molecule has 3 unspecified atom stereocenters. The molecule has 0 amide bonds. The number of nitrogens with one attached hydrogen (secondary N) is 1. The standard InChI is InChI=1S/C12H24N2OS2/c1-9(17(5)15)7-13-11-14-8-10(16-11)6-12(2,3)4/h9-10H,6-8H2,1-5H3,(H,13,14). The zero-order valence-corrected chi connectivity index (χ0v) is 13.1. The van der Waals surface area contributed by atoms with Gasteiger partial charge in [0.25, 0.3) is 0 Å². The first-order valence-corrected chi connectivity index (χ1v) is 8.55. The number of aliphatic imine (C=N–C) groups is 1. The third kappa shape index (κ3) is 5.91. The highest BCUT2D eigenvalue weighted by atomic mass is 32.2. The molecule has 1 aliphatic heterocycles. The summed E-state index contributed by atoms with van der Waals surface area (Å²) in [6, 6.07) is 0. The molecule has 0 bridgehead atoms. The van der Waals surface area contributed by atoms with Crippen molar-refractivity contribution < 1.29 is 4.21 Å². The minimum atomic E-state index is -0.762. The molecule has 17 heavy (non-hydrogen) atoms. The van der Waals surface area contributed by atoms with Gasteiger partial charge in [0, 0.05) is 34.1 Å². The molecule has 5 heteroatoms. The van der Waals surface area contributed by atoms with Gasteiger partial charge in [-0.3, -0.25) is 9.20 Å². The van der Waals surface area contributed by atoms with Crippen LogP contribution in [0.1, 0.15) is 34.1 Å². The van der Waals surface area contributed by atoms with Gasteiger partial charge in [-0.1, -0.05) is 32.5 Å². The van der Waals surface area contributed by atoms with Crippen LogP contribution in [-0.4, -0.2) is 39.2 Å². The van der Waals surface area contributed by atoms with Crippen molar-refractivity contribution in [1.82, 2.24) is 5.32 Å². The molecular weight excluding hydrogens is 252 g/mol. The van der Waals surface area contributed by atoms with Crippen molar-refractivity contribution in [3.63, 3.8) is 0 Å². The first-order valence-electron chi connectivity index (χ1n) is 6.05. The van der Waals surface area contributed by atoms with Crippen LogP contribution < -0.4 is 5.32 Å². The first-order chi connectivity index (χ1) is 7.78. The maximum atomic E-state index is 11.2. The summed E-state index contributed by atoms with van der Waals surface area (Å²) < 4.78 is 11.2. The van der Waals surface area contributed by atoms with Gasteiger partial charge in [0.1, 0.15) is 0 Å². The van der Waals surface area contributed by atoms with Gasteiger partial charge < -0.3 is 5.32 Å². The number of thioether (sulfide) groups is 1. The fraction of sp³-hybridized carbons (Fsp3) is 0.917. The van der Waals surface area contributed by atoms with E-state index in [-0.39, 0.29) is 5.25 Å². The van der Waals surface area contributed by atoms with Crippen molar-refractivity contribution in [3.8, 4) is 0 Å². The number of hydrogen-bond donors (Lipinski definition) is 1. The normalized spacial score (nSPS) is 24.3. The van der Waals surface area contributed by atoms with Crippen molar-refractivity contribution in [2.24, 2.45) is 10.4 Å². The van der Waals surface area contributed by atoms with Gasteiger partial charge in [0.05, 0.1) is 6.54 Å². The van der Waals surface area contributed by atoms with Gasteiger partial charge in [0.2, 0.25) is 0 Å². The van der Waals surface area contributed by atoms with Crippen molar-refractivity contribution in [3.05, 3.63) is 0 Å². The molecule has 100 valence electrons. The predicted molar refractivity (Wildman–Crippen MR) is 79.3 cm³/mol. The second-order valence-electron chi connectivity index (χ2n) is 5.84.